The minimum atomic E-state index is -0.796. The van der Waals surface area contributed by atoms with E-state index < -0.39 is 6.10 Å². The lowest BCUT2D eigenvalue weighted by molar-refractivity contribution is -0.161. The average Bonchev–Trinajstić information content (AvgIpc) is 3.46. The summed E-state index contributed by atoms with van der Waals surface area (Å²) in [4.78, 5) is 24.6. The largest absolute Gasteiger partial charge is 0.462 e. The summed E-state index contributed by atoms with van der Waals surface area (Å²) >= 11 is 0. The molecule has 1 atom stereocenters. The highest BCUT2D eigenvalue weighted by Crippen LogP contribution is 2.17. The Labute approximate surface area is 496 Å². The van der Waals surface area contributed by atoms with Crippen molar-refractivity contribution >= 4 is 11.9 Å². The maximum atomic E-state index is 12.3. The molecule has 5 heteroatoms. The zero-order valence-electron chi connectivity index (χ0n) is 52.3. The van der Waals surface area contributed by atoms with Crippen LogP contribution in [0.1, 0.15) is 309 Å². The summed E-state index contributed by atoms with van der Waals surface area (Å²) in [7, 11) is 0. The highest BCUT2D eigenvalue weighted by molar-refractivity contribution is 5.70. The number of hydrogen-bond acceptors (Lipinski definition) is 5. The number of ether oxygens (including phenoxy) is 2. The number of aliphatic hydroxyl groups excluding tert-OH is 1. The molecule has 0 aliphatic carbocycles. The molecule has 5 nitrogen and oxygen atoms in total. The van der Waals surface area contributed by atoms with Crippen molar-refractivity contribution in [3.63, 3.8) is 0 Å². The summed E-state index contributed by atoms with van der Waals surface area (Å²) < 4.78 is 10.7. The molecule has 0 aromatic rings. The van der Waals surface area contributed by atoms with Crippen LogP contribution in [0.4, 0.5) is 0 Å². The van der Waals surface area contributed by atoms with Crippen LogP contribution in [0.2, 0.25) is 0 Å². The molecule has 0 fully saturated rings. The normalized spacial score (nSPS) is 13.1. The van der Waals surface area contributed by atoms with Crippen molar-refractivity contribution in [2.45, 2.75) is 315 Å². The molecule has 456 valence electrons. The lowest BCUT2D eigenvalue weighted by Gasteiger charge is -2.15. The first-order valence-electron chi connectivity index (χ1n) is 33.7. The fourth-order valence-electron chi connectivity index (χ4n) is 9.40. The van der Waals surface area contributed by atoms with Gasteiger partial charge in [-0.1, -0.05) is 314 Å². The van der Waals surface area contributed by atoms with Gasteiger partial charge in [-0.2, -0.15) is 0 Å². The van der Waals surface area contributed by atoms with Gasteiger partial charge in [-0.3, -0.25) is 9.59 Å². The van der Waals surface area contributed by atoms with Crippen molar-refractivity contribution in [3.05, 3.63) is 134 Å². The van der Waals surface area contributed by atoms with E-state index in [2.05, 4.69) is 148 Å². The van der Waals surface area contributed by atoms with Crippen molar-refractivity contribution < 1.29 is 24.2 Å². The Morgan fingerprint density at radius 1 is 0.300 bits per heavy atom. The molecule has 0 aromatic carbocycles. The van der Waals surface area contributed by atoms with Crippen molar-refractivity contribution in [3.8, 4) is 0 Å². The van der Waals surface area contributed by atoms with Gasteiger partial charge in [0.25, 0.3) is 0 Å². The SMILES string of the molecule is CC/C=C\C/C=C\C/C=C\C/C=C\C/C=C\C/C=C\C/C=C\C/C=C\C/C=C\C/C=C\CCCCCCC(=O)OC(CO)COC(=O)CCCCCCCCCCCCCCCCCCCCC/C=C\CCCCCCCCCC. The topological polar surface area (TPSA) is 72.8 Å². The van der Waals surface area contributed by atoms with Crippen LogP contribution >= 0.6 is 0 Å². The van der Waals surface area contributed by atoms with Crippen LogP contribution in [-0.2, 0) is 19.1 Å². The van der Waals surface area contributed by atoms with Gasteiger partial charge in [-0.25, -0.2) is 0 Å². The number of esters is 2. The van der Waals surface area contributed by atoms with Crippen LogP contribution in [-0.4, -0.2) is 36.4 Å². The summed E-state index contributed by atoms with van der Waals surface area (Å²) in [6.07, 6.45) is 103. The van der Waals surface area contributed by atoms with Crippen LogP contribution in [0.25, 0.3) is 0 Å². The van der Waals surface area contributed by atoms with Crippen molar-refractivity contribution in [1.82, 2.24) is 0 Å². The minimum absolute atomic E-state index is 0.0816. The second-order valence-corrected chi connectivity index (χ2v) is 22.2. The molecule has 0 aliphatic heterocycles. The minimum Gasteiger partial charge on any atom is -0.462 e. The maximum absolute atomic E-state index is 12.3. The van der Waals surface area contributed by atoms with E-state index in [1.54, 1.807) is 0 Å². The molecule has 0 amide bonds. The summed E-state index contributed by atoms with van der Waals surface area (Å²) in [5.74, 6) is -0.618. The lowest BCUT2D eigenvalue weighted by Crippen LogP contribution is -2.28. The Kier molecular flexibility index (Phi) is 65.9. The molecule has 0 bridgehead atoms. The Bertz CT molecular complexity index is 1630. The van der Waals surface area contributed by atoms with Gasteiger partial charge in [0, 0.05) is 12.8 Å². The van der Waals surface area contributed by atoms with Gasteiger partial charge in [0.05, 0.1) is 6.61 Å². The summed E-state index contributed by atoms with van der Waals surface area (Å²) in [5.41, 5.74) is 0. The molecule has 0 aromatic heterocycles. The second kappa shape index (κ2) is 69.3. The van der Waals surface area contributed by atoms with Crippen LogP contribution < -0.4 is 0 Å². The van der Waals surface area contributed by atoms with E-state index in [9.17, 15) is 14.7 Å². The monoisotopic (exact) mass is 1110 g/mol. The maximum Gasteiger partial charge on any atom is 0.306 e. The summed E-state index contributed by atoms with van der Waals surface area (Å²) in [5, 5.41) is 9.69. The zero-order chi connectivity index (χ0) is 57.6. The third-order valence-electron chi connectivity index (χ3n) is 14.4. The van der Waals surface area contributed by atoms with E-state index >= 15 is 0 Å². The number of aliphatic hydroxyl groups is 1. The Morgan fingerprint density at radius 3 is 0.825 bits per heavy atom. The van der Waals surface area contributed by atoms with Crippen LogP contribution in [0.3, 0.4) is 0 Å². The Balaban J connectivity index is 3.56. The van der Waals surface area contributed by atoms with E-state index in [1.165, 1.54) is 167 Å². The number of hydrogen-bond donors (Lipinski definition) is 1. The number of unbranched alkanes of at least 4 members (excludes halogenated alkanes) is 31. The van der Waals surface area contributed by atoms with Gasteiger partial charge >= 0.3 is 11.9 Å². The van der Waals surface area contributed by atoms with Gasteiger partial charge in [-0.15, -0.1) is 0 Å². The predicted molar refractivity (Wildman–Crippen MR) is 352 cm³/mol. The van der Waals surface area contributed by atoms with Crippen molar-refractivity contribution in [2.24, 2.45) is 0 Å². The fraction of sp³-hybridized carbons (Fsp3) is 0.680. The fourth-order valence-corrected chi connectivity index (χ4v) is 9.40. The summed E-state index contributed by atoms with van der Waals surface area (Å²) in [6, 6.07) is 0. The lowest BCUT2D eigenvalue weighted by atomic mass is 10.0. The first-order valence-corrected chi connectivity index (χ1v) is 33.7. The smallest absolute Gasteiger partial charge is 0.306 e. The molecule has 0 saturated heterocycles. The number of carbonyl (C=O) groups is 2. The predicted octanol–water partition coefficient (Wildman–Crippen LogP) is 23.5. The second-order valence-electron chi connectivity index (χ2n) is 22.2. The van der Waals surface area contributed by atoms with Crippen molar-refractivity contribution in [2.75, 3.05) is 13.2 Å². The first kappa shape index (κ1) is 76.0. The van der Waals surface area contributed by atoms with Gasteiger partial charge in [0.2, 0.25) is 0 Å². The number of allylic oxidation sites excluding steroid dienone is 22. The van der Waals surface area contributed by atoms with E-state index in [0.29, 0.717) is 12.8 Å². The highest BCUT2D eigenvalue weighted by Gasteiger charge is 2.16. The Hall–Kier alpha value is -3.96. The molecule has 0 spiro atoms. The standard InChI is InChI=1S/C75H126O5/c1-3-5-7-9-11-13-15-17-19-21-23-25-27-29-31-33-35-36-37-38-40-42-44-46-48-50-52-54-56-58-60-62-64-66-68-70-75(78)80-73(71-76)72-79-74(77)69-67-65-63-61-59-57-55-53-51-49-47-45-43-41-39-34-32-30-28-26-24-22-20-18-16-14-12-10-8-6-4-2/h5,7,11,13,17,19,22-25,29,31,35-36,38,40,44,46,50,52,56,58,73,76H,3-4,6,8-10,12,14-16,18,20-21,26-28,30,32-34,37,39,41-43,45,47-49,51,53-55,57,59-72H2,1-2H3/b7-5-,13-11-,19-17-,24-22-,25-23-,31-29-,36-35-,40-38-,46-44-,52-50-,58-56-. The first-order chi connectivity index (χ1) is 39.6. The van der Waals surface area contributed by atoms with Crippen molar-refractivity contribution in [1.29, 1.82) is 0 Å². The molecular weight excluding hydrogens is 981 g/mol. The average molecular weight is 1110 g/mol. The molecule has 80 heavy (non-hydrogen) atoms. The van der Waals surface area contributed by atoms with E-state index in [-0.39, 0.29) is 25.2 Å². The molecule has 0 aliphatic rings. The molecule has 1 N–H and O–H groups in total. The van der Waals surface area contributed by atoms with Crippen LogP contribution in [0.15, 0.2) is 134 Å². The molecule has 1 unspecified atom stereocenters. The molecule has 0 radical (unpaired) electrons. The third kappa shape index (κ3) is 66.6. The van der Waals surface area contributed by atoms with Crippen LogP contribution in [0, 0.1) is 0 Å². The van der Waals surface area contributed by atoms with E-state index in [0.717, 1.165) is 116 Å². The number of rotatable bonds is 61. The van der Waals surface area contributed by atoms with Crippen LogP contribution in [0.5, 0.6) is 0 Å². The molecule has 0 saturated carbocycles. The highest BCUT2D eigenvalue weighted by atomic mass is 16.6. The molecular formula is C75H126O5. The number of carbonyl (C=O) groups excluding carboxylic acids is 2. The molecule has 0 rings (SSSR count). The quantitative estimate of drug-likeness (QED) is 0.0373. The van der Waals surface area contributed by atoms with Gasteiger partial charge in [0.1, 0.15) is 6.61 Å². The van der Waals surface area contributed by atoms with Gasteiger partial charge in [0.15, 0.2) is 6.10 Å². The zero-order valence-corrected chi connectivity index (χ0v) is 52.3. The third-order valence-corrected chi connectivity index (χ3v) is 14.4. The molecule has 0 heterocycles. The Morgan fingerprint density at radius 2 is 0.537 bits per heavy atom. The van der Waals surface area contributed by atoms with E-state index in [1.807, 2.05) is 0 Å². The van der Waals surface area contributed by atoms with Gasteiger partial charge in [-0.05, 0) is 116 Å². The van der Waals surface area contributed by atoms with Gasteiger partial charge < -0.3 is 14.6 Å². The summed E-state index contributed by atoms with van der Waals surface area (Å²) in [6.45, 7) is 4.03. The van der Waals surface area contributed by atoms with E-state index in [4.69, 9.17) is 9.47 Å².